The Balaban J connectivity index is 1.67. The van der Waals surface area contributed by atoms with E-state index in [0.29, 0.717) is 35.3 Å². The summed E-state index contributed by atoms with van der Waals surface area (Å²) in [6.45, 7) is 0.511. The standard InChI is InChI=1S/C31H32F2N4O3S/c1-40-31(39)28(4-3-17-41-2)36-30(38)26-14-13-25(18-27(26)21-5-9-23(32)10-6-21)35-29(19-37-16-15-34-20-37)22-7-11-24(33)12-8-22/h5-16,18,20,28-29,35H,3-4,17,19H2,1-2H3,(H,36,38)/t28-,29?/m0/s1. The molecular formula is C31H32F2N4O3S. The Hall–Kier alpha value is -4.18. The van der Waals surface area contributed by atoms with Crippen LogP contribution in [0.2, 0.25) is 0 Å². The number of thioether (sulfide) groups is 1. The number of halogens is 2. The number of ether oxygens (including phenoxy) is 1. The van der Waals surface area contributed by atoms with Crippen LogP contribution in [0.25, 0.3) is 11.1 Å². The summed E-state index contributed by atoms with van der Waals surface area (Å²) >= 11 is 1.66. The molecule has 0 saturated carbocycles. The molecule has 1 aromatic heterocycles. The number of anilines is 1. The van der Waals surface area contributed by atoms with Crippen LogP contribution in [-0.4, -0.2) is 46.6 Å². The molecule has 214 valence electrons. The summed E-state index contributed by atoms with van der Waals surface area (Å²) in [6.07, 6.45) is 8.38. The molecule has 0 aliphatic heterocycles. The van der Waals surface area contributed by atoms with Crippen LogP contribution in [0.3, 0.4) is 0 Å². The van der Waals surface area contributed by atoms with E-state index in [4.69, 9.17) is 4.74 Å². The highest BCUT2D eigenvalue weighted by atomic mass is 32.2. The van der Waals surface area contributed by atoms with Crippen molar-refractivity contribution in [1.82, 2.24) is 14.9 Å². The number of esters is 1. The van der Waals surface area contributed by atoms with Crippen LogP contribution in [0.15, 0.2) is 85.5 Å². The second kappa shape index (κ2) is 14.5. The van der Waals surface area contributed by atoms with Gasteiger partial charge in [-0.05, 0) is 84.0 Å². The van der Waals surface area contributed by atoms with Crippen molar-refractivity contribution in [2.75, 3.05) is 24.4 Å². The van der Waals surface area contributed by atoms with Crippen molar-refractivity contribution in [3.05, 3.63) is 108 Å². The van der Waals surface area contributed by atoms with E-state index in [-0.39, 0.29) is 11.9 Å². The van der Waals surface area contributed by atoms with Crippen LogP contribution >= 0.6 is 11.8 Å². The number of carbonyl (C=O) groups is 2. The first-order valence-electron chi connectivity index (χ1n) is 13.1. The molecule has 0 radical (unpaired) electrons. The predicted octanol–water partition coefficient (Wildman–Crippen LogP) is 6.10. The molecule has 1 amide bonds. The molecule has 0 fully saturated rings. The highest BCUT2D eigenvalue weighted by Gasteiger charge is 2.24. The molecule has 0 spiro atoms. The van der Waals surface area contributed by atoms with Gasteiger partial charge in [0.05, 0.1) is 19.5 Å². The number of hydrogen-bond acceptors (Lipinski definition) is 6. The van der Waals surface area contributed by atoms with E-state index >= 15 is 0 Å². The monoisotopic (exact) mass is 578 g/mol. The third kappa shape index (κ3) is 8.17. The first-order valence-corrected chi connectivity index (χ1v) is 14.5. The van der Waals surface area contributed by atoms with Crippen molar-refractivity contribution in [2.24, 2.45) is 0 Å². The van der Waals surface area contributed by atoms with Crippen molar-refractivity contribution in [2.45, 2.75) is 31.5 Å². The van der Waals surface area contributed by atoms with Gasteiger partial charge >= 0.3 is 5.97 Å². The van der Waals surface area contributed by atoms with Gasteiger partial charge in [-0.3, -0.25) is 4.79 Å². The van der Waals surface area contributed by atoms with E-state index in [1.54, 1.807) is 60.7 Å². The summed E-state index contributed by atoms with van der Waals surface area (Å²) < 4.78 is 34.3. The molecule has 41 heavy (non-hydrogen) atoms. The number of aromatic nitrogens is 2. The second-order valence-corrected chi connectivity index (χ2v) is 10.4. The van der Waals surface area contributed by atoms with E-state index in [2.05, 4.69) is 15.6 Å². The van der Waals surface area contributed by atoms with E-state index in [1.807, 2.05) is 23.1 Å². The van der Waals surface area contributed by atoms with Crippen LogP contribution < -0.4 is 10.6 Å². The molecule has 1 heterocycles. The first-order chi connectivity index (χ1) is 19.9. The number of rotatable bonds is 13. The smallest absolute Gasteiger partial charge is 0.328 e. The number of methoxy groups -OCH3 is 1. The minimum absolute atomic E-state index is 0.259. The third-order valence-corrected chi connectivity index (χ3v) is 7.31. The normalized spacial score (nSPS) is 12.4. The number of nitrogens with zero attached hydrogens (tertiary/aromatic N) is 2. The Morgan fingerprint density at radius 1 is 1.02 bits per heavy atom. The average Bonchev–Trinajstić information content (AvgIpc) is 3.50. The van der Waals surface area contributed by atoms with Crippen LogP contribution in [0.5, 0.6) is 0 Å². The van der Waals surface area contributed by atoms with Crippen molar-refractivity contribution >= 4 is 29.3 Å². The summed E-state index contributed by atoms with van der Waals surface area (Å²) in [7, 11) is 1.29. The molecule has 2 N–H and O–H groups in total. The Morgan fingerprint density at radius 2 is 1.73 bits per heavy atom. The predicted molar refractivity (Wildman–Crippen MR) is 158 cm³/mol. The van der Waals surface area contributed by atoms with Gasteiger partial charge in [0, 0.05) is 30.2 Å². The third-order valence-electron chi connectivity index (χ3n) is 6.62. The van der Waals surface area contributed by atoms with Gasteiger partial charge in [0.2, 0.25) is 0 Å². The minimum Gasteiger partial charge on any atom is -0.467 e. The van der Waals surface area contributed by atoms with Crippen LogP contribution in [0, 0.1) is 11.6 Å². The summed E-state index contributed by atoms with van der Waals surface area (Å²) in [5, 5.41) is 6.31. The fourth-order valence-electron chi connectivity index (χ4n) is 4.50. The lowest BCUT2D eigenvalue weighted by molar-refractivity contribution is -0.143. The molecule has 0 bridgehead atoms. The summed E-state index contributed by atoms with van der Waals surface area (Å²) in [6, 6.07) is 16.3. The quantitative estimate of drug-likeness (QED) is 0.147. The zero-order chi connectivity index (χ0) is 29.2. The lowest BCUT2D eigenvalue weighted by Gasteiger charge is -2.23. The van der Waals surface area contributed by atoms with Gasteiger partial charge in [-0.15, -0.1) is 0 Å². The van der Waals surface area contributed by atoms with E-state index in [1.165, 1.54) is 31.4 Å². The van der Waals surface area contributed by atoms with Crippen LogP contribution in [0.1, 0.15) is 34.8 Å². The van der Waals surface area contributed by atoms with Gasteiger partial charge in [-0.2, -0.15) is 11.8 Å². The van der Waals surface area contributed by atoms with Gasteiger partial charge in [0.15, 0.2) is 0 Å². The molecule has 2 atom stereocenters. The van der Waals surface area contributed by atoms with E-state index in [9.17, 15) is 18.4 Å². The summed E-state index contributed by atoms with van der Waals surface area (Å²) in [5.74, 6) is -0.835. The van der Waals surface area contributed by atoms with Gasteiger partial charge in [-0.25, -0.2) is 18.6 Å². The van der Waals surface area contributed by atoms with Gasteiger partial charge in [0.1, 0.15) is 17.7 Å². The lowest BCUT2D eigenvalue weighted by atomic mass is 9.97. The van der Waals surface area contributed by atoms with Gasteiger partial charge < -0.3 is 19.9 Å². The van der Waals surface area contributed by atoms with Crippen molar-refractivity contribution in [1.29, 1.82) is 0 Å². The molecule has 7 nitrogen and oxygen atoms in total. The van der Waals surface area contributed by atoms with Crippen LogP contribution in [-0.2, 0) is 16.1 Å². The van der Waals surface area contributed by atoms with E-state index in [0.717, 1.165) is 17.7 Å². The maximum atomic E-state index is 13.8. The maximum absolute atomic E-state index is 13.8. The zero-order valence-corrected chi connectivity index (χ0v) is 23.7. The SMILES string of the molecule is COC(=O)[C@H](CCCSC)NC(=O)c1ccc(NC(Cn2ccnc2)c2ccc(F)cc2)cc1-c1ccc(F)cc1. The van der Waals surface area contributed by atoms with Gasteiger partial charge in [0.25, 0.3) is 5.91 Å². The Labute approximate surface area is 242 Å². The van der Waals surface area contributed by atoms with Crippen LogP contribution in [0.4, 0.5) is 14.5 Å². The largest absolute Gasteiger partial charge is 0.467 e. The van der Waals surface area contributed by atoms with Crippen molar-refractivity contribution in [3.63, 3.8) is 0 Å². The molecule has 4 aromatic rings. The highest BCUT2D eigenvalue weighted by molar-refractivity contribution is 7.98. The summed E-state index contributed by atoms with van der Waals surface area (Å²) in [4.78, 5) is 30.0. The molecular weight excluding hydrogens is 546 g/mol. The Bertz CT molecular complexity index is 1430. The molecule has 1 unspecified atom stereocenters. The average molecular weight is 579 g/mol. The zero-order valence-electron chi connectivity index (χ0n) is 22.8. The topological polar surface area (TPSA) is 85.2 Å². The van der Waals surface area contributed by atoms with Gasteiger partial charge in [-0.1, -0.05) is 24.3 Å². The van der Waals surface area contributed by atoms with E-state index < -0.39 is 23.7 Å². The molecule has 3 aromatic carbocycles. The lowest BCUT2D eigenvalue weighted by Crippen LogP contribution is -2.41. The first kappa shape index (κ1) is 29.8. The molecule has 0 saturated heterocycles. The minimum atomic E-state index is -0.795. The Morgan fingerprint density at radius 3 is 2.37 bits per heavy atom. The van der Waals surface area contributed by atoms with Crippen molar-refractivity contribution < 1.29 is 23.1 Å². The molecule has 0 aliphatic carbocycles. The fourth-order valence-corrected chi connectivity index (χ4v) is 4.95. The number of hydrogen-bond donors (Lipinski definition) is 2. The Kier molecular flexibility index (Phi) is 10.5. The second-order valence-electron chi connectivity index (χ2n) is 9.46. The highest BCUT2D eigenvalue weighted by Crippen LogP contribution is 2.30. The fraction of sp³-hybridized carbons (Fsp3) is 0.258. The number of nitrogens with one attached hydrogen (secondary N) is 2. The molecule has 4 rings (SSSR count). The summed E-state index contributed by atoms with van der Waals surface area (Å²) in [5.41, 5.74) is 3.07. The van der Waals surface area contributed by atoms with Crippen molar-refractivity contribution in [3.8, 4) is 11.1 Å². The number of benzene rings is 3. The molecule has 10 heteroatoms. The number of carbonyl (C=O) groups excluding carboxylic acids is 2. The maximum Gasteiger partial charge on any atom is 0.328 e. The molecule has 0 aliphatic rings. The number of amides is 1. The number of imidazole rings is 1.